The molecule has 262 valence electrons. The van der Waals surface area contributed by atoms with Gasteiger partial charge in [0, 0.05) is 65.4 Å². The first kappa shape index (κ1) is 35.8. The molecule has 0 N–H and O–H groups in total. The van der Waals surface area contributed by atoms with Gasteiger partial charge in [-0.25, -0.2) is 4.68 Å². The van der Waals surface area contributed by atoms with Crippen LogP contribution in [-0.4, -0.2) is 105 Å². The zero-order valence-corrected chi connectivity index (χ0v) is 29.7. The standard InChI is InChI=1S/C37H53ClN6O4/c1-30(2)48-33-14-8-7-13-31(33)42-23-19-40(20-24-42)17-11-5-4-6-12-18-44-37(45)36(38)32(29-39-44)43-25-21-41(22-26-43)27-28-47-35-16-10-9-15-34(35)46-3/h7-10,13-16,29-30H,4-6,11-12,17-28H2,1-3H3. The molecule has 0 bridgehead atoms. The average molecular weight is 681 g/mol. The maximum atomic E-state index is 13.0. The van der Waals surface area contributed by atoms with Crippen LogP contribution in [0.4, 0.5) is 11.4 Å². The number of methoxy groups -OCH3 is 1. The first-order valence-corrected chi connectivity index (χ1v) is 18.0. The number of hydrogen-bond donors (Lipinski definition) is 0. The van der Waals surface area contributed by atoms with Gasteiger partial charge in [-0.3, -0.25) is 14.6 Å². The number of nitrogens with zero attached hydrogens (tertiary/aromatic N) is 6. The smallest absolute Gasteiger partial charge is 0.287 e. The second-order valence-corrected chi connectivity index (χ2v) is 13.3. The van der Waals surface area contributed by atoms with Gasteiger partial charge < -0.3 is 24.0 Å². The van der Waals surface area contributed by atoms with Gasteiger partial charge >= 0.3 is 0 Å². The molecule has 48 heavy (non-hydrogen) atoms. The Hall–Kier alpha value is -3.47. The van der Waals surface area contributed by atoms with Crippen molar-refractivity contribution in [3.63, 3.8) is 0 Å². The molecule has 2 saturated heterocycles. The number of para-hydroxylation sites is 4. The van der Waals surface area contributed by atoms with Crippen LogP contribution in [0.25, 0.3) is 0 Å². The summed E-state index contributed by atoms with van der Waals surface area (Å²) in [5.41, 5.74) is 1.74. The van der Waals surface area contributed by atoms with Gasteiger partial charge in [-0.05, 0) is 57.5 Å². The molecule has 2 aliphatic heterocycles. The Balaban J connectivity index is 0.948. The van der Waals surface area contributed by atoms with Crippen LogP contribution in [0.1, 0.15) is 46.0 Å². The molecule has 10 nitrogen and oxygen atoms in total. The molecule has 0 spiro atoms. The molecule has 3 aromatic rings. The summed E-state index contributed by atoms with van der Waals surface area (Å²) < 4.78 is 18.9. The third-order valence-corrected chi connectivity index (χ3v) is 9.55. The first-order valence-electron chi connectivity index (χ1n) is 17.6. The lowest BCUT2D eigenvalue weighted by molar-refractivity contribution is 0.197. The van der Waals surface area contributed by atoms with Crippen LogP contribution < -0.4 is 29.6 Å². The number of ether oxygens (including phenoxy) is 3. The van der Waals surface area contributed by atoms with E-state index in [2.05, 4.69) is 56.7 Å². The van der Waals surface area contributed by atoms with Crippen molar-refractivity contribution in [3.8, 4) is 17.2 Å². The minimum atomic E-state index is -0.195. The maximum Gasteiger partial charge on any atom is 0.287 e. The van der Waals surface area contributed by atoms with E-state index < -0.39 is 0 Å². The van der Waals surface area contributed by atoms with Crippen LogP contribution in [0, 0.1) is 0 Å². The van der Waals surface area contributed by atoms with E-state index in [1.807, 2.05) is 30.3 Å². The molecular formula is C37H53ClN6O4. The second-order valence-electron chi connectivity index (χ2n) is 12.9. The molecule has 3 heterocycles. The lowest BCUT2D eigenvalue weighted by Crippen LogP contribution is -2.48. The quantitative estimate of drug-likeness (QED) is 0.168. The topological polar surface area (TPSA) is 75.5 Å². The van der Waals surface area contributed by atoms with Crippen molar-refractivity contribution in [2.75, 3.05) is 89.0 Å². The van der Waals surface area contributed by atoms with Gasteiger partial charge in [0.15, 0.2) is 11.5 Å². The molecule has 0 radical (unpaired) electrons. The van der Waals surface area contributed by atoms with Crippen LogP contribution in [0.5, 0.6) is 17.2 Å². The fourth-order valence-corrected chi connectivity index (χ4v) is 6.75. The largest absolute Gasteiger partial charge is 0.493 e. The van der Waals surface area contributed by atoms with Gasteiger partial charge in [-0.2, -0.15) is 5.10 Å². The monoisotopic (exact) mass is 680 g/mol. The van der Waals surface area contributed by atoms with Crippen molar-refractivity contribution < 1.29 is 14.2 Å². The highest BCUT2D eigenvalue weighted by molar-refractivity contribution is 6.33. The number of unbranched alkanes of at least 4 members (excludes halogenated alkanes) is 4. The lowest BCUT2D eigenvalue weighted by atomic mass is 10.1. The first-order chi connectivity index (χ1) is 23.4. The Morgan fingerprint density at radius 3 is 1.94 bits per heavy atom. The van der Waals surface area contributed by atoms with Crippen molar-refractivity contribution >= 4 is 23.0 Å². The number of rotatable bonds is 17. The van der Waals surface area contributed by atoms with E-state index in [1.54, 1.807) is 13.3 Å². The summed E-state index contributed by atoms with van der Waals surface area (Å²) in [6.45, 7) is 14.8. The van der Waals surface area contributed by atoms with E-state index in [0.29, 0.717) is 13.2 Å². The summed E-state index contributed by atoms with van der Waals surface area (Å²) >= 11 is 6.60. The molecule has 0 aliphatic carbocycles. The molecule has 0 unspecified atom stereocenters. The fraction of sp³-hybridized carbons (Fsp3) is 0.568. The molecule has 1 aromatic heterocycles. The third kappa shape index (κ3) is 10.0. The van der Waals surface area contributed by atoms with Gasteiger partial charge in [-0.15, -0.1) is 0 Å². The second kappa shape index (κ2) is 18.3. The zero-order valence-electron chi connectivity index (χ0n) is 29.0. The Morgan fingerprint density at radius 1 is 0.708 bits per heavy atom. The van der Waals surface area contributed by atoms with Crippen LogP contribution in [0.15, 0.2) is 59.5 Å². The van der Waals surface area contributed by atoms with Crippen LogP contribution in [0.2, 0.25) is 5.02 Å². The van der Waals surface area contributed by atoms with E-state index in [-0.39, 0.29) is 16.7 Å². The maximum absolute atomic E-state index is 13.0. The fourth-order valence-electron chi connectivity index (χ4n) is 6.48. The highest BCUT2D eigenvalue weighted by atomic mass is 35.5. The molecule has 2 aromatic carbocycles. The molecule has 2 fully saturated rings. The zero-order chi connectivity index (χ0) is 33.7. The number of aryl methyl sites for hydroxylation is 1. The van der Waals surface area contributed by atoms with Gasteiger partial charge in [0.1, 0.15) is 17.4 Å². The lowest BCUT2D eigenvalue weighted by Gasteiger charge is -2.37. The van der Waals surface area contributed by atoms with E-state index >= 15 is 0 Å². The van der Waals surface area contributed by atoms with E-state index in [1.165, 1.54) is 23.2 Å². The van der Waals surface area contributed by atoms with Crippen LogP contribution in [-0.2, 0) is 6.54 Å². The van der Waals surface area contributed by atoms with Crippen molar-refractivity contribution in [2.24, 2.45) is 0 Å². The number of hydrogen-bond acceptors (Lipinski definition) is 9. The summed E-state index contributed by atoms with van der Waals surface area (Å²) in [5, 5.41) is 4.76. The Morgan fingerprint density at radius 2 is 1.27 bits per heavy atom. The van der Waals surface area contributed by atoms with Crippen LogP contribution in [0.3, 0.4) is 0 Å². The number of piperazine rings is 2. The predicted octanol–water partition coefficient (Wildman–Crippen LogP) is 5.67. The SMILES string of the molecule is COc1ccccc1OCCN1CCN(c2cnn(CCCCCCCN3CCN(c4ccccc4OC(C)C)CC3)c(=O)c2Cl)CC1. The summed E-state index contributed by atoms with van der Waals surface area (Å²) in [6.07, 6.45) is 7.50. The summed E-state index contributed by atoms with van der Waals surface area (Å²) in [4.78, 5) is 22.6. The summed E-state index contributed by atoms with van der Waals surface area (Å²) in [6, 6.07) is 16.1. The van der Waals surface area contributed by atoms with Crippen molar-refractivity contribution in [3.05, 3.63) is 70.1 Å². The molecule has 0 atom stereocenters. The average Bonchev–Trinajstić information content (AvgIpc) is 3.10. The molecule has 2 aliphatic rings. The highest BCUT2D eigenvalue weighted by Crippen LogP contribution is 2.30. The van der Waals surface area contributed by atoms with E-state index in [0.717, 1.165) is 108 Å². The summed E-state index contributed by atoms with van der Waals surface area (Å²) in [5.74, 6) is 2.48. The number of aromatic nitrogens is 2. The van der Waals surface area contributed by atoms with Crippen molar-refractivity contribution in [1.82, 2.24) is 19.6 Å². The summed E-state index contributed by atoms with van der Waals surface area (Å²) in [7, 11) is 1.65. The van der Waals surface area contributed by atoms with E-state index in [4.69, 9.17) is 25.8 Å². The van der Waals surface area contributed by atoms with E-state index in [9.17, 15) is 4.79 Å². The number of anilines is 2. The van der Waals surface area contributed by atoms with Gasteiger partial charge in [0.25, 0.3) is 5.56 Å². The highest BCUT2D eigenvalue weighted by Gasteiger charge is 2.22. The van der Waals surface area contributed by atoms with Gasteiger partial charge in [0.05, 0.1) is 30.8 Å². The third-order valence-electron chi connectivity index (χ3n) is 9.20. The van der Waals surface area contributed by atoms with Crippen molar-refractivity contribution in [2.45, 2.75) is 58.6 Å². The number of halogens is 1. The molecule has 5 rings (SSSR count). The number of benzene rings is 2. The molecule has 0 amide bonds. The Labute approximate surface area is 291 Å². The predicted molar refractivity (Wildman–Crippen MR) is 195 cm³/mol. The molecular weight excluding hydrogens is 628 g/mol. The molecule has 11 heteroatoms. The molecule has 0 saturated carbocycles. The Kier molecular flexibility index (Phi) is 13.7. The normalized spacial score (nSPS) is 16.0. The minimum absolute atomic E-state index is 0.171. The minimum Gasteiger partial charge on any atom is -0.493 e. The van der Waals surface area contributed by atoms with Gasteiger partial charge in [-0.1, -0.05) is 55.1 Å². The van der Waals surface area contributed by atoms with Gasteiger partial charge in [0.2, 0.25) is 0 Å². The van der Waals surface area contributed by atoms with Crippen LogP contribution >= 0.6 is 11.6 Å². The van der Waals surface area contributed by atoms with Crippen molar-refractivity contribution in [1.29, 1.82) is 0 Å². The Bertz CT molecular complexity index is 1470.